The fourth-order valence-electron chi connectivity index (χ4n) is 7.95. The maximum atomic E-state index is 11.6. The summed E-state index contributed by atoms with van der Waals surface area (Å²) < 4.78 is 12.9. The van der Waals surface area contributed by atoms with Gasteiger partial charge in [-0.05, 0) is 92.2 Å². The van der Waals surface area contributed by atoms with Gasteiger partial charge in [-0.15, -0.1) is 0 Å². The Morgan fingerprint density at radius 1 is 1.24 bits per heavy atom. The molecule has 4 saturated carbocycles. The summed E-state index contributed by atoms with van der Waals surface area (Å²) in [4.78, 5) is 0. The number of hydrogen-bond donors (Lipinski definition) is 2. The molecule has 0 saturated heterocycles. The predicted molar refractivity (Wildman–Crippen MR) is 137 cm³/mol. The Morgan fingerprint density at radius 3 is 2.55 bits per heavy atom. The van der Waals surface area contributed by atoms with Crippen molar-refractivity contribution in [1.82, 2.24) is 0 Å². The van der Waals surface area contributed by atoms with E-state index in [2.05, 4.69) is 53.8 Å². The van der Waals surface area contributed by atoms with Gasteiger partial charge in [-0.2, -0.15) is 0 Å². The van der Waals surface area contributed by atoms with Gasteiger partial charge in [0.2, 0.25) is 0 Å². The Labute approximate surface area is 203 Å². The molecule has 4 unspecified atom stereocenters. The number of aliphatic hydroxyl groups excluding tert-OH is 2. The van der Waals surface area contributed by atoms with Crippen LogP contribution in [0.2, 0.25) is 18.1 Å². The van der Waals surface area contributed by atoms with E-state index in [9.17, 15) is 10.2 Å². The molecular weight excluding hydrogens is 428 g/mol. The first-order chi connectivity index (χ1) is 15.3. The van der Waals surface area contributed by atoms with Crippen LogP contribution in [0.3, 0.4) is 0 Å². The van der Waals surface area contributed by atoms with Gasteiger partial charge in [-0.1, -0.05) is 46.3 Å². The van der Waals surface area contributed by atoms with Crippen molar-refractivity contribution in [2.45, 2.75) is 116 Å². The van der Waals surface area contributed by atoms with Gasteiger partial charge in [0.05, 0.1) is 18.3 Å². The van der Waals surface area contributed by atoms with Crippen molar-refractivity contribution < 1.29 is 19.4 Å². The van der Waals surface area contributed by atoms with Gasteiger partial charge in [-0.3, -0.25) is 0 Å². The summed E-state index contributed by atoms with van der Waals surface area (Å²) in [7, 11) is -0.100. The van der Waals surface area contributed by atoms with E-state index < -0.39 is 14.4 Å². The Bertz CT molecular complexity index is 757. The molecular formula is C28H50O4Si. The summed E-state index contributed by atoms with van der Waals surface area (Å²) in [5.41, 5.74) is 1.68. The van der Waals surface area contributed by atoms with E-state index in [-0.39, 0.29) is 28.1 Å². The quantitative estimate of drug-likeness (QED) is 0.351. The molecule has 0 spiro atoms. The molecule has 0 aliphatic heterocycles. The Balaban J connectivity index is 1.54. The molecule has 33 heavy (non-hydrogen) atoms. The minimum atomic E-state index is -1.93. The third-order valence-corrected chi connectivity index (χ3v) is 15.5. The second-order valence-electron chi connectivity index (χ2n) is 13.8. The summed E-state index contributed by atoms with van der Waals surface area (Å²) in [6.07, 6.45) is 10.0. The second kappa shape index (κ2) is 8.72. The third kappa shape index (κ3) is 4.12. The highest BCUT2D eigenvalue weighted by molar-refractivity contribution is 6.74. The van der Waals surface area contributed by atoms with Crippen LogP contribution < -0.4 is 0 Å². The van der Waals surface area contributed by atoms with Crippen molar-refractivity contribution in [3.63, 3.8) is 0 Å². The normalized spacial score (nSPS) is 43.9. The van der Waals surface area contributed by atoms with Gasteiger partial charge in [0.15, 0.2) is 8.32 Å². The molecule has 190 valence electrons. The molecule has 4 nitrogen and oxygen atoms in total. The first-order valence-electron chi connectivity index (χ1n) is 13.5. The van der Waals surface area contributed by atoms with Crippen LogP contribution in [0.5, 0.6) is 0 Å². The fraction of sp³-hybridized carbons (Fsp3) is 0.929. The van der Waals surface area contributed by atoms with Gasteiger partial charge in [-0.25, -0.2) is 0 Å². The number of fused-ring (bicyclic) bond motifs is 2. The second-order valence-corrected chi connectivity index (χ2v) is 18.5. The van der Waals surface area contributed by atoms with E-state index in [4.69, 9.17) is 9.16 Å². The Hall–Kier alpha value is -0.203. The highest BCUT2D eigenvalue weighted by Gasteiger charge is 2.70. The first kappa shape index (κ1) is 25.9. The maximum absolute atomic E-state index is 11.6. The smallest absolute Gasteiger partial charge is 0.192 e. The highest BCUT2D eigenvalue weighted by Crippen LogP contribution is 2.68. The molecule has 4 rings (SSSR count). The number of allylic oxidation sites excluding steroid dienone is 1. The lowest BCUT2D eigenvalue weighted by molar-refractivity contribution is -0.0428. The first-order valence-corrected chi connectivity index (χ1v) is 16.4. The van der Waals surface area contributed by atoms with E-state index in [0.717, 1.165) is 19.3 Å². The average Bonchev–Trinajstić information content (AvgIpc) is 3.24. The lowest BCUT2D eigenvalue weighted by Crippen LogP contribution is -2.48. The van der Waals surface area contributed by atoms with Crippen molar-refractivity contribution >= 4 is 8.32 Å². The number of ether oxygens (including phenoxy) is 1. The van der Waals surface area contributed by atoms with Gasteiger partial charge >= 0.3 is 0 Å². The van der Waals surface area contributed by atoms with Crippen LogP contribution >= 0.6 is 0 Å². The predicted octanol–water partition coefficient (Wildman–Crippen LogP) is 5.93. The van der Waals surface area contributed by atoms with E-state index in [1.165, 1.54) is 25.7 Å². The monoisotopic (exact) mass is 478 g/mol. The molecule has 0 bridgehead atoms. The summed E-state index contributed by atoms with van der Waals surface area (Å²) >= 11 is 0. The molecule has 4 aliphatic rings. The summed E-state index contributed by atoms with van der Waals surface area (Å²) in [6, 6.07) is 0. The van der Waals surface area contributed by atoms with Gasteiger partial charge in [0.1, 0.15) is 0 Å². The van der Waals surface area contributed by atoms with Crippen molar-refractivity contribution in [2.75, 3.05) is 13.7 Å². The number of hydrogen-bond acceptors (Lipinski definition) is 4. The molecule has 5 heteroatoms. The molecule has 4 fully saturated rings. The lowest BCUT2D eigenvalue weighted by Gasteiger charge is -2.44. The zero-order chi connectivity index (χ0) is 24.4. The van der Waals surface area contributed by atoms with Crippen LogP contribution in [0, 0.1) is 34.5 Å². The largest absolute Gasteiger partial charge is 0.411 e. The zero-order valence-corrected chi connectivity index (χ0v) is 23.5. The molecule has 0 heterocycles. The highest BCUT2D eigenvalue weighted by atomic mass is 28.4. The van der Waals surface area contributed by atoms with Crippen LogP contribution in [-0.4, -0.2) is 50.6 Å². The standard InChI is InChI=1S/C28H50O4Si/c1-18(17-29)21-11-12-22-19(10-9-13-27(21,22)5)14-24(31-6)28-16-20(28)15-23(25(28)30)32-33(7,8)26(2,3)4/h14,18,20-25,29-30H,9-13,15-17H2,1-8H3/b19-14+/t18-,20?,21-,22+,23?,24-,25?,27?,28+/m1/s1. The number of rotatable bonds is 7. The minimum Gasteiger partial charge on any atom is -0.411 e. The van der Waals surface area contributed by atoms with E-state index >= 15 is 0 Å². The Kier molecular flexibility index (Phi) is 6.84. The van der Waals surface area contributed by atoms with E-state index in [1.54, 1.807) is 5.57 Å². The van der Waals surface area contributed by atoms with Crippen LogP contribution in [0.4, 0.5) is 0 Å². The molecule has 0 amide bonds. The van der Waals surface area contributed by atoms with Crippen molar-refractivity contribution in [3.05, 3.63) is 11.6 Å². The maximum Gasteiger partial charge on any atom is 0.192 e. The number of methoxy groups -OCH3 is 1. The third-order valence-electron chi connectivity index (χ3n) is 11.0. The summed E-state index contributed by atoms with van der Waals surface area (Å²) in [5.74, 6) is 2.07. The molecule has 4 aliphatic carbocycles. The van der Waals surface area contributed by atoms with Crippen LogP contribution in [0.25, 0.3) is 0 Å². The van der Waals surface area contributed by atoms with Crippen molar-refractivity contribution in [3.8, 4) is 0 Å². The number of aliphatic hydroxyl groups is 2. The molecule has 0 aromatic heterocycles. The lowest BCUT2D eigenvalue weighted by atomic mass is 9.61. The van der Waals surface area contributed by atoms with Crippen molar-refractivity contribution in [1.29, 1.82) is 0 Å². The van der Waals surface area contributed by atoms with Crippen molar-refractivity contribution in [2.24, 2.45) is 34.5 Å². The average molecular weight is 479 g/mol. The Morgan fingerprint density at radius 2 is 1.94 bits per heavy atom. The van der Waals surface area contributed by atoms with Gasteiger partial charge in [0, 0.05) is 19.1 Å². The van der Waals surface area contributed by atoms with Gasteiger partial charge < -0.3 is 19.4 Å². The van der Waals surface area contributed by atoms with Crippen LogP contribution in [0.1, 0.15) is 79.6 Å². The molecule has 2 N–H and O–H groups in total. The fourth-order valence-corrected chi connectivity index (χ4v) is 9.29. The molecule has 0 aromatic rings. The zero-order valence-electron chi connectivity index (χ0n) is 22.5. The minimum absolute atomic E-state index is 0.0304. The van der Waals surface area contributed by atoms with Gasteiger partial charge in [0.25, 0.3) is 0 Å². The van der Waals surface area contributed by atoms with Crippen LogP contribution in [0.15, 0.2) is 11.6 Å². The topological polar surface area (TPSA) is 58.9 Å². The SMILES string of the molecule is CO[C@H](/C=C1\CCCC2(C)[C@@H]([C@H](C)CO)CC[C@@H]12)[C@]12CC1CC(O[Si](C)(C)C(C)(C)C)C2O. The summed E-state index contributed by atoms with van der Waals surface area (Å²) in [5, 5.41) is 21.5. The molecule has 9 atom stereocenters. The molecule has 0 radical (unpaired) electrons. The van der Waals surface area contributed by atoms with E-state index in [1.807, 2.05) is 7.11 Å². The molecule has 0 aromatic carbocycles. The summed E-state index contributed by atoms with van der Waals surface area (Å²) in [6.45, 7) is 16.4. The van der Waals surface area contributed by atoms with Crippen LogP contribution in [-0.2, 0) is 9.16 Å². The van der Waals surface area contributed by atoms with E-state index in [0.29, 0.717) is 30.3 Å².